The molecule has 12 heteroatoms. The van der Waals surface area contributed by atoms with Gasteiger partial charge in [-0.25, -0.2) is 0 Å². The van der Waals surface area contributed by atoms with Crippen LogP contribution in [0.25, 0.3) is 17.1 Å². The third kappa shape index (κ3) is 7.05. The van der Waals surface area contributed by atoms with Gasteiger partial charge in [-0.15, -0.1) is 10.2 Å². The number of alkyl halides is 3. The van der Waals surface area contributed by atoms with Crippen LogP contribution in [0.15, 0.2) is 84.0 Å². The molecule has 0 aliphatic carbocycles. The van der Waals surface area contributed by atoms with Gasteiger partial charge in [0.2, 0.25) is 5.91 Å². The minimum atomic E-state index is -4.53. The molecule has 0 bridgehead atoms. The Hall–Kier alpha value is -3.83. The molecule has 1 unspecified atom stereocenters. The largest absolute Gasteiger partial charge is 0.416 e. The fourth-order valence-corrected chi connectivity index (χ4v) is 6.13. The van der Waals surface area contributed by atoms with Gasteiger partial charge in [0.25, 0.3) is 5.91 Å². The molecule has 4 aromatic rings. The van der Waals surface area contributed by atoms with Crippen molar-refractivity contribution in [2.24, 2.45) is 0 Å². The van der Waals surface area contributed by atoms with Crippen molar-refractivity contribution in [1.82, 2.24) is 24.6 Å². The number of rotatable bonds is 8. The Morgan fingerprint density at radius 2 is 1.72 bits per heavy atom. The fourth-order valence-electron chi connectivity index (χ4n) is 5.02. The Morgan fingerprint density at radius 1 is 0.977 bits per heavy atom. The van der Waals surface area contributed by atoms with Gasteiger partial charge >= 0.3 is 6.18 Å². The Labute approximate surface area is 256 Å². The predicted molar refractivity (Wildman–Crippen MR) is 160 cm³/mol. The van der Waals surface area contributed by atoms with Gasteiger partial charge in [0.05, 0.1) is 10.6 Å². The number of halogens is 4. The third-order valence-electron chi connectivity index (χ3n) is 7.21. The van der Waals surface area contributed by atoms with Crippen LogP contribution in [-0.4, -0.2) is 67.8 Å². The Morgan fingerprint density at radius 3 is 2.44 bits per heavy atom. The maximum atomic E-state index is 13.1. The summed E-state index contributed by atoms with van der Waals surface area (Å²) in [5, 5.41) is 10.1. The van der Waals surface area contributed by atoms with E-state index in [1.54, 1.807) is 17.9 Å². The number of aromatic nitrogens is 3. The van der Waals surface area contributed by atoms with Gasteiger partial charge in [-0.05, 0) is 55.8 Å². The van der Waals surface area contributed by atoms with Crippen molar-refractivity contribution in [3.8, 4) is 17.1 Å². The minimum Gasteiger partial charge on any atom is -0.339 e. The third-order valence-corrected chi connectivity index (χ3v) is 8.55. The van der Waals surface area contributed by atoms with Gasteiger partial charge in [-0.3, -0.25) is 14.2 Å². The summed E-state index contributed by atoms with van der Waals surface area (Å²) in [4.78, 5) is 29.2. The lowest BCUT2D eigenvalue weighted by Gasteiger charge is -2.40. The molecule has 1 atom stereocenters. The van der Waals surface area contributed by atoms with E-state index in [0.29, 0.717) is 47.7 Å². The van der Waals surface area contributed by atoms with Gasteiger partial charge in [0.15, 0.2) is 11.0 Å². The first kappa shape index (κ1) is 30.6. The molecule has 0 N–H and O–H groups in total. The van der Waals surface area contributed by atoms with Gasteiger partial charge in [0, 0.05) is 54.7 Å². The average Bonchev–Trinajstić information content (AvgIpc) is 3.42. The predicted octanol–water partition coefficient (Wildman–Crippen LogP) is 6.85. The van der Waals surface area contributed by atoms with Crippen LogP contribution in [0.4, 0.5) is 13.2 Å². The summed E-state index contributed by atoms with van der Waals surface area (Å²) in [7, 11) is 0. The standard InChI is InChI=1S/C31H29ClF3N5O2S/c1-21-20-38(16-17-39(21)29(42)22-9-7-10-23(19-22)31(33,34)35)27(41)15-8-18-43-30-37-36-28(25-13-5-6-14-26(25)32)40(30)24-11-3-2-4-12-24/h2-7,9-14,19,21H,8,15-18,20H2,1H3. The fraction of sp³-hybridized carbons (Fsp3) is 0.290. The lowest BCUT2D eigenvalue weighted by molar-refractivity contribution is -0.137. The summed E-state index contributed by atoms with van der Waals surface area (Å²) in [5.74, 6) is 0.755. The van der Waals surface area contributed by atoms with E-state index in [1.807, 2.05) is 53.1 Å². The molecule has 7 nitrogen and oxygen atoms in total. The van der Waals surface area contributed by atoms with Crippen molar-refractivity contribution in [1.29, 1.82) is 0 Å². The monoisotopic (exact) mass is 627 g/mol. The molecule has 1 saturated heterocycles. The van der Waals surface area contributed by atoms with Crippen LogP contribution in [-0.2, 0) is 11.0 Å². The first-order valence-corrected chi connectivity index (χ1v) is 15.1. The van der Waals surface area contributed by atoms with Gasteiger partial charge in [-0.2, -0.15) is 13.2 Å². The molecule has 3 aromatic carbocycles. The second-order valence-electron chi connectivity index (χ2n) is 10.2. The number of piperazine rings is 1. The molecular formula is C31H29ClF3N5O2S. The summed E-state index contributed by atoms with van der Waals surface area (Å²) in [6.07, 6.45) is -3.61. The molecule has 43 heavy (non-hydrogen) atoms. The van der Waals surface area contributed by atoms with Crippen LogP contribution in [0, 0.1) is 0 Å². The number of carbonyl (C=O) groups excluding carboxylic acids is 2. The highest BCUT2D eigenvalue weighted by Gasteiger charge is 2.33. The van der Waals surface area contributed by atoms with E-state index in [1.165, 1.54) is 28.8 Å². The van der Waals surface area contributed by atoms with E-state index in [9.17, 15) is 22.8 Å². The topological polar surface area (TPSA) is 71.3 Å². The molecule has 5 rings (SSSR count). The smallest absolute Gasteiger partial charge is 0.339 e. The van der Waals surface area contributed by atoms with Crippen LogP contribution in [0.5, 0.6) is 0 Å². The van der Waals surface area contributed by atoms with Gasteiger partial charge in [-0.1, -0.05) is 59.8 Å². The second kappa shape index (κ2) is 13.2. The first-order valence-electron chi connectivity index (χ1n) is 13.8. The summed E-state index contributed by atoms with van der Waals surface area (Å²) in [6, 6.07) is 21.3. The normalized spacial score (nSPS) is 15.5. The molecule has 1 aliphatic heterocycles. The summed E-state index contributed by atoms with van der Waals surface area (Å²) in [6.45, 7) is 2.69. The minimum absolute atomic E-state index is 0.0143. The van der Waals surface area contributed by atoms with E-state index in [0.717, 1.165) is 23.4 Å². The Balaban J connectivity index is 1.17. The van der Waals surface area contributed by atoms with Crippen LogP contribution in [0.2, 0.25) is 5.02 Å². The quantitative estimate of drug-likeness (QED) is 0.158. The summed E-state index contributed by atoms with van der Waals surface area (Å²) >= 11 is 7.96. The van der Waals surface area contributed by atoms with E-state index in [2.05, 4.69) is 10.2 Å². The molecule has 0 spiro atoms. The molecular weight excluding hydrogens is 599 g/mol. The molecule has 0 radical (unpaired) electrons. The SMILES string of the molecule is CC1CN(C(=O)CCCSc2nnc(-c3ccccc3Cl)n2-c2ccccc2)CCN1C(=O)c1cccc(C(F)(F)F)c1. The second-order valence-corrected chi connectivity index (χ2v) is 11.6. The highest BCUT2D eigenvalue weighted by molar-refractivity contribution is 7.99. The highest BCUT2D eigenvalue weighted by atomic mass is 35.5. The lowest BCUT2D eigenvalue weighted by Crippen LogP contribution is -2.55. The zero-order chi connectivity index (χ0) is 30.6. The molecule has 224 valence electrons. The zero-order valence-electron chi connectivity index (χ0n) is 23.3. The van der Waals surface area contributed by atoms with E-state index >= 15 is 0 Å². The number of thioether (sulfide) groups is 1. The number of hydrogen-bond donors (Lipinski definition) is 0. The molecule has 2 amide bonds. The van der Waals surface area contributed by atoms with Gasteiger partial charge < -0.3 is 9.80 Å². The van der Waals surface area contributed by atoms with Crippen LogP contribution < -0.4 is 0 Å². The number of carbonyl (C=O) groups is 2. The lowest BCUT2D eigenvalue weighted by atomic mass is 10.1. The van der Waals surface area contributed by atoms with Gasteiger partial charge in [0.1, 0.15) is 0 Å². The Kier molecular flexibility index (Phi) is 9.41. The number of para-hydroxylation sites is 1. The van der Waals surface area contributed by atoms with E-state index in [4.69, 9.17) is 11.6 Å². The Bertz CT molecular complexity index is 1600. The molecule has 0 saturated carbocycles. The summed E-state index contributed by atoms with van der Waals surface area (Å²) in [5.41, 5.74) is 0.786. The van der Waals surface area contributed by atoms with Crippen LogP contribution in [0.1, 0.15) is 35.7 Å². The number of amides is 2. The molecule has 1 aromatic heterocycles. The first-order chi connectivity index (χ1) is 20.6. The van der Waals surface area contributed by atoms with Crippen LogP contribution >= 0.6 is 23.4 Å². The maximum Gasteiger partial charge on any atom is 0.416 e. The van der Waals surface area contributed by atoms with Crippen molar-refractivity contribution >= 4 is 35.2 Å². The van der Waals surface area contributed by atoms with Crippen molar-refractivity contribution in [2.45, 2.75) is 37.1 Å². The van der Waals surface area contributed by atoms with E-state index < -0.39 is 17.6 Å². The number of benzene rings is 3. The number of hydrogen-bond acceptors (Lipinski definition) is 5. The highest BCUT2D eigenvalue weighted by Crippen LogP contribution is 2.33. The molecule has 1 fully saturated rings. The average molecular weight is 628 g/mol. The maximum absolute atomic E-state index is 13.1. The molecule has 2 heterocycles. The van der Waals surface area contributed by atoms with Crippen molar-refractivity contribution in [3.63, 3.8) is 0 Å². The van der Waals surface area contributed by atoms with Crippen LogP contribution in [0.3, 0.4) is 0 Å². The number of nitrogens with zero attached hydrogens (tertiary/aromatic N) is 5. The van der Waals surface area contributed by atoms with Crippen molar-refractivity contribution < 1.29 is 22.8 Å². The summed E-state index contributed by atoms with van der Waals surface area (Å²) < 4.78 is 41.3. The van der Waals surface area contributed by atoms with E-state index in [-0.39, 0.29) is 24.1 Å². The zero-order valence-corrected chi connectivity index (χ0v) is 24.9. The molecule has 1 aliphatic rings. The van der Waals surface area contributed by atoms with Crippen molar-refractivity contribution in [3.05, 3.63) is 95.0 Å². The van der Waals surface area contributed by atoms with Crippen molar-refractivity contribution in [2.75, 3.05) is 25.4 Å².